The Bertz CT molecular complexity index is 298. The summed E-state index contributed by atoms with van der Waals surface area (Å²) in [5.74, 6) is 1.35. The summed E-state index contributed by atoms with van der Waals surface area (Å²) in [5, 5.41) is 6.36. The molecule has 0 saturated carbocycles. The van der Waals surface area contributed by atoms with Gasteiger partial charge in [-0.2, -0.15) is 0 Å². The lowest BCUT2D eigenvalue weighted by Crippen LogP contribution is -2.48. The molecule has 0 fully saturated rings. The van der Waals surface area contributed by atoms with Gasteiger partial charge in [0.2, 0.25) is 0 Å². The van der Waals surface area contributed by atoms with E-state index in [4.69, 9.17) is 10.5 Å². The van der Waals surface area contributed by atoms with E-state index in [-0.39, 0.29) is 12.1 Å². The first-order valence-electron chi connectivity index (χ1n) is 7.97. The molecule has 5 nitrogen and oxygen atoms in total. The quantitative estimate of drug-likeness (QED) is 0.643. The van der Waals surface area contributed by atoms with E-state index in [9.17, 15) is 4.79 Å². The fraction of sp³-hybridized carbons (Fsp3) is 0.938. The van der Waals surface area contributed by atoms with Gasteiger partial charge in [0, 0.05) is 12.6 Å². The third kappa shape index (κ3) is 9.69. The van der Waals surface area contributed by atoms with E-state index in [1.54, 1.807) is 0 Å². The van der Waals surface area contributed by atoms with Crippen LogP contribution in [0.4, 0.5) is 4.79 Å². The molecule has 0 spiro atoms. The minimum atomic E-state index is -0.471. The first-order valence-corrected chi connectivity index (χ1v) is 7.97. The standard InChI is InChI=1S/C16H35N3O2/c1-11(2)13(8-17)9-18-10-14(12(3)4)19-15(20)21-16(5,6)7/h11-14,18H,8-10,17H2,1-7H3,(H,19,20). The van der Waals surface area contributed by atoms with Crippen LogP contribution in [-0.2, 0) is 4.74 Å². The maximum atomic E-state index is 11.9. The van der Waals surface area contributed by atoms with Crippen LogP contribution in [0.5, 0.6) is 0 Å². The molecular formula is C16H35N3O2. The zero-order valence-electron chi connectivity index (χ0n) is 14.8. The summed E-state index contributed by atoms with van der Waals surface area (Å²) < 4.78 is 5.31. The minimum absolute atomic E-state index is 0.0467. The number of nitrogens with one attached hydrogen (secondary N) is 2. The van der Waals surface area contributed by atoms with Crippen molar-refractivity contribution in [3.8, 4) is 0 Å². The van der Waals surface area contributed by atoms with Gasteiger partial charge in [-0.15, -0.1) is 0 Å². The first-order chi connectivity index (χ1) is 9.56. The number of carbonyl (C=O) groups is 1. The normalized spacial score (nSPS) is 15.1. The Morgan fingerprint density at radius 1 is 1.10 bits per heavy atom. The van der Waals surface area contributed by atoms with Crippen molar-refractivity contribution in [2.24, 2.45) is 23.5 Å². The second-order valence-electron chi connectivity index (χ2n) is 7.39. The summed E-state index contributed by atoms with van der Waals surface area (Å²) >= 11 is 0. The summed E-state index contributed by atoms with van der Waals surface area (Å²) in [4.78, 5) is 11.9. The predicted molar refractivity (Wildman–Crippen MR) is 88.2 cm³/mol. The lowest BCUT2D eigenvalue weighted by atomic mass is 9.95. The van der Waals surface area contributed by atoms with Crippen molar-refractivity contribution in [3.05, 3.63) is 0 Å². The van der Waals surface area contributed by atoms with Gasteiger partial charge in [-0.05, 0) is 51.6 Å². The SMILES string of the molecule is CC(C)C(CN)CNCC(NC(=O)OC(C)(C)C)C(C)C. The molecule has 126 valence electrons. The van der Waals surface area contributed by atoms with Crippen molar-refractivity contribution in [2.45, 2.75) is 60.1 Å². The van der Waals surface area contributed by atoms with Crippen LogP contribution in [0.2, 0.25) is 0 Å². The van der Waals surface area contributed by atoms with E-state index in [0.29, 0.717) is 24.3 Å². The van der Waals surface area contributed by atoms with Crippen molar-refractivity contribution in [2.75, 3.05) is 19.6 Å². The Hall–Kier alpha value is -0.810. The van der Waals surface area contributed by atoms with Gasteiger partial charge < -0.3 is 21.1 Å². The molecule has 4 N–H and O–H groups in total. The van der Waals surface area contributed by atoms with Crippen molar-refractivity contribution in [1.29, 1.82) is 0 Å². The number of amides is 1. The van der Waals surface area contributed by atoms with E-state index >= 15 is 0 Å². The topological polar surface area (TPSA) is 76.4 Å². The van der Waals surface area contributed by atoms with E-state index < -0.39 is 5.60 Å². The third-order valence-corrected chi connectivity index (χ3v) is 3.52. The number of alkyl carbamates (subject to hydrolysis) is 1. The summed E-state index contributed by atoms with van der Waals surface area (Å²) in [7, 11) is 0. The highest BCUT2D eigenvalue weighted by Crippen LogP contribution is 2.10. The van der Waals surface area contributed by atoms with Gasteiger partial charge >= 0.3 is 6.09 Å². The minimum Gasteiger partial charge on any atom is -0.444 e. The van der Waals surface area contributed by atoms with Crippen LogP contribution in [0.25, 0.3) is 0 Å². The Labute approximate surface area is 130 Å². The lowest BCUT2D eigenvalue weighted by molar-refractivity contribution is 0.0489. The Balaban J connectivity index is 4.29. The van der Waals surface area contributed by atoms with Gasteiger partial charge in [-0.1, -0.05) is 27.7 Å². The second kappa shape index (κ2) is 9.26. The van der Waals surface area contributed by atoms with Crippen LogP contribution in [0, 0.1) is 17.8 Å². The Kier molecular flexibility index (Phi) is 8.90. The molecule has 0 aliphatic carbocycles. The molecule has 0 aromatic heterocycles. The number of carbonyl (C=O) groups excluding carboxylic acids is 1. The largest absolute Gasteiger partial charge is 0.444 e. The molecule has 0 radical (unpaired) electrons. The maximum absolute atomic E-state index is 11.9. The Morgan fingerprint density at radius 2 is 1.67 bits per heavy atom. The molecule has 0 aromatic rings. The fourth-order valence-corrected chi connectivity index (χ4v) is 1.93. The molecule has 5 heteroatoms. The molecule has 0 aliphatic rings. The van der Waals surface area contributed by atoms with Gasteiger partial charge in [0.05, 0.1) is 0 Å². The molecule has 0 saturated heterocycles. The summed E-state index contributed by atoms with van der Waals surface area (Å²) in [6.07, 6.45) is -0.359. The van der Waals surface area contributed by atoms with Crippen molar-refractivity contribution >= 4 is 6.09 Å². The van der Waals surface area contributed by atoms with Gasteiger partial charge in [-0.3, -0.25) is 0 Å². The zero-order chi connectivity index (χ0) is 16.6. The van der Waals surface area contributed by atoms with Crippen LogP contribution < -0.4 is 16.4 Å². The number of ether oxygens (including phenoxy) is 1. The molecule has 0 heterocycles. The molecule has 0 rings (SSSR count). The number of nitrogens with two attached hydrogens (primary N) is 1. The number of hydrogen-bond donors (Lipinski definition) is 3. The zero-order valence-corrected chi connectivity index (χ0v) is 14.8. The molecule has 2 atom stereocenters. The highest BCUT2D eigenvalue weighted by atomic mass is 16.6. The highest BCUT2D eigenvalue weighted by Gasteiger charge is 2.21. The van der Waals surface area contributed by atoms with E-state index in [1.807, 2.05) is 20.8 Å². The Morgan fingerprint density at radius 3 is 2.05 bits per heavy atom. The highest BCUT2D eigenvalue weighted by molar-refractivity contribution is 5.68. The van der Waals surface area contributed by atoms with Crippen molar-refractivity contribution < 1.29 is 9.53 Å². The fourth-order valence-electron chi connectivity index (χ4n) is 1.93. The van der Waals surface area contributed by atoms with E-state index in [0.717, 1.165) is 13.1 Å². The molecule has 0 aliphatic heterocycles. The first kappa shape index (κ1) is 20.2. The van der Waals surface area contributed by atoms with Crippen LogP contribution in [-0.4, -0.2) is 37.4 Å². The monoisotopic (exact) mass is 301 g/mol. The van der Waals surface area contributed by atoms with Crippen LogP contribution in [0.1, 0.15) is 48.5 Å². The molecule has 0 aromatic carbocycles. The average Bonchev–Trinajstić information content (AvgIpc) is 2.29. The van der Waals surface area contributed by atoms with Crippen LogP contribution in [0.15, 0.2) is 0 Å². The molecule has 0 bridgehead atoms. The van der Waals surface area contributed by atoms with Gasteiger partial charge in [0.1, 0.15) is 5.60 Å². The third-order valence-electron chi connectivity index (χ3n) is 3.52. The summed E-state index contributed by atoms with van der Waals surface area (Å²) in [5.41, 5.74) is 5.30. The maximum Gasteiger partial charge on any atom is 0.407 e. The molecular weight excluding hydrogens is 266 g/mol. The van der Waals surface area contributed by atoms with E-state index in [1.165, 1.54) is 0 Å². The molecule has 1 amide bonds. The summed E-state index contributed by atoms with van der Waals surface area (Å²) in [6, 6.07) is 0.0467. The smallest absolute Gasteiger partial charge is 0.407 e. The average molecular weight is 301 g/mol. The van der Waals surface area contributed by atoms with E-state index in [2.05, 4.69) is 38.3 Å². The second-order valence-corrected chi connectivity index (χ2v) is 7.39. The molecule has 21 heavy (non-hydrogen) atoms. The number of rotatable bonds is 8. The van der Waals surface area contributed by atoms with Crippen LogP contribution >= 0.6 is 0 Å². The predicted octanol–water partition coefficient (Wildman–Crippen LogP) is 2.36. The van der Waals surface area contributed by atoms with Crippen molar-refractivity contribution in [3.63, 3.8) is 0 Å². The van der Waals surface area contributed by atoms with Gasteiger partial charge in [0.25, 0.3) is 0 Å². The molecule has 2 unspecified atom stereocenters. The number of hydrogen-bond acceptors (Lipinski definition) is 4. The van der Waals surface area contributed by atoms with Crippen molar-refractivity contribution in [1.82, 2.24) is 10.6 Å². The summed E-state index contributed by atoms with van der Waals surface area (Å²) in [6.45, 7) is 16.4. The van der Waals surface area contributed by atoms with Crippen LogP contribution in [0.3, 0.4) is 0 Å². The van der Waals surface area contributed by atoms with Gasteiger partial charge in [0.15, 0.2) is 0 Å². The van der Waals surface area contributed by atoms with Gasteiger partial charge in [-0.25, -0.2) is 4.79 Å². The lowest BCUT2D eigenvalue weighted by Gasteiger charge is -2.27.